The topological polar surface area (TPSA) is 54.9 Å². The van der Waals surface area contributed by atoms with Gasteiger partial charge in [-0.15, -0.1) is 11.3 Å². The molecule has 0 radical (unpaired) electrons. The predicted molar refractivity (Wildman–Crippen MR) is 70.0 cm³/mol. The van der Waals surface area contributed by atoms with E-state index in [9.17, 15) is 4.79 Å². The van der Waals surface area contributed by atoms with Gasteiger partial charge in [0.2, 0.25) is 0 Å². The molecular formula is C11H10BrN3OS. The molecule has 0 aromatic carbocycles. The van der Waals surface area contributed by atoms with E-state index in [-0.39, 0.29) is 5.91 Å². The van der Waals surface area contributed by atoms with Crippen LogP contribution in [-0.2, 0) is 6.54 Å². The van der Waals surface area contributed by atoms with Crippen molar-refractivity contribution in [1.29, 1.82) is 0 Å². The van der Waals surface area contributed by atoms with Crippen LogP contribution >= 0.6 is 27.3 Å². The van der Waals surface area contributed by atoms with Crippen molar-refractivity contribution in [2.75, 3.05) is 0 Å². The fraction of sp³-hybridized carbons (Fsp3) is 0.182. The number of hydrogen-bond acceptors (Lipinski definition) is 4. The number of nitrogens with one attached hydrogen (secondary N) is 1. The summed E-state index contributed by atoms with van der Waals surface area (Å²) in [5, 5.41) is 3.71. The minimum absolute atomic E-state index is 0.155. The van der Waals surface area contributed by atoms with Crippen LogP contribution in [0, 0.1) is 6.92 Å². The first-order valence-electron chi connectivity index (χ1n) is 4.97. The molecular weight excluding hydrogens is 302 g/mol. The number of rotatable bonds is 3. The highest BCUT2D eigenvalue weighted by Gasteiger charge is 2.10. The molecule has 2 aromatic heterocycles. The summed E-state index contributed by atoms with van der Waals surface area (Å²) in [4.78, 5) is 21.2. The summed E-state index contributed by atoms with van der Waals surface area (Å²) in [5.74, 6) is -0.155. The Morgan fingerprint density at radius 2 is 2.35 bits per heavy atom. The summed E-state index contributed by atoms with van der Waals surface area (Å²) in [6.45, 7) is 2.43. The smallest absolute Gasteiger partial charge is 0.254 e. The molecule has 0 saturated carbocycles. The Labute approximate surface area is 111 Å². The Morgan fingerprint density at radius 1 is 1.53 bits per heavy atom. The molecule has 2 aromatic rings. The second-order valence-corrected chi connectivity index (χ2v) is 5.46. The Hall–Kier alpha value is -1.27. The maximum Gasteiger partial charge on any atom is 0.254 e. The fourth-order valence-corrected chi connectivity index (χ4v) is 2.45. The van der Waals surface area contributed by atoms with E-state index in [0.29, 0.717) is 16.7 Å². The van der Waals surface area contributed by atoms with Crippen LogP contribution in [0.1, 0.15) is 20.2 Å². The highest BCUT2D eigenvalue weighted by molar-refractivity contribution is 9.10. The van der Waals surface area contributed by atoms with E-state index in [1.807, 2.05) is 6.92 Å². The lowest BCUT2D eigenvalue weighted by Crippen LogP contribution is -2.23. The lowest BCUT2D eigenvalue weighted by molar-refractivity contribution is 0.0949. The van der Waals surface area contributed by atoms with Crippen molar-refractivity contribution in [1.82, 2.24) is 15.3 Å². The van der Waals surface area contributed by atoms with Crippen LogP contribution < -0.4 is 5.32 Å². The molecule has 1 amide bonds. The highest BCUT2D eigenvalue weighted by atomic mass is 79.9. The summed E-state index contributed by atoms with van der Waals surface area (Å²) in [7, 11) is 0. The maximum atomic E-state index is 11.8. The van der Waals surface area contributed by atoms with E-state index < -0.39 is 0 Å². The molecule has 88 valence electrons. The number of aromatic nitrogens is 2. The van der Waals surface area contributed by atoms with Crippen molar-refractivity contribution in [2.45, 2.75) is 13.5 Å². The molecule has 0 fully saturated rings. The van der Waals surface area contributed by atoms with Crippen LogP contribution in [0.25, 0.3) is 0 Å². The molecule has 0 aliphatic carbocycles. The van der Waals surface area contributed by atoms with E-state index in [2.05, 4.69) is 31.2 Å². The van der Waals surface area contributed by atoms with Crippen molar-refractivity contribution < 1.29 is 4.79 Å². The second-order valence-electron chi connectivity index (χ2n) is 3.39. The number of halogens is 1. The van der Waals surface area contributed by atoms with Crippen molar-refractivity contribution in [3.8, 4) is 0 Å². The number of pyridine rings is 1. The van der Waals surface area contributed by atoms with Crippen LogP contribution in [0.3, 0.4) is 0 Å². The first kappa shape index (κ1) is 12.2. The quantitative estimate of drug-likeness (QED) is 0.886. The van der Waals surface area contributed by atoms with Crippen LogP contribution in [0.2, 0.25) is 0 Å². The molecule has 0 aliphatic rings. The SMILES string of the molecule is Cc1cnc(CNC(=O)c2cccnc2Br)s1. The van der Waals surface area contributed by atoms with Gasteiger partial charge in [-0.3, -0.25) is 4.79 Å². The molecule has 17 heavy (non-hydrogen) atoms. The molecule has 2 rings (SSSR count). The second kappa shape index (κ2) is 5.37. The van der Waals surface area contributed by atoms with Crippen LogP contribution in [0.5, 0.6) is 0 Å². The number of carbonyl (C=O) groups is 1. The van der Waals surface area contributed by atoms with Crippen molar-refractivity contribution in [3.63, 3.8) is 0 Å². The average molecular weight is 312 g/mol. The molecule has 6 heteroatoms. The van der Waals surface area contributed by atoms with E-state index >= 15 is 0 Å². The van der Waals surface area contributed by atoms with Gasteiger partial charge in [-0.1, -0.05) is 0 Å². The molecule has 2 heterocycles. The van der Waals surface area contributed by atoms with Crippen molar-refractivity contribution >= 4 is 33.2 Å². The summed E-state index contributed by atoms with van der Waals surface area (Å²) < 4.78 is 0.549. The predicted octanol–water partition coefficient (Wildman–Crippen LogP) is 2.54. The number of hydrogen-bond donors (Lipinski definition) is 1. The number of nitrogens with zero attached hydrogens (tertiary/aromatic N) is 2. The summed E-state index contributed by atoms with van der Waals surface area (Å²) in [5.41, 5.74) is 0.528. The zero-order valence-corrected chi connectivity index (χ0v) is 11.5. The van der Waals surface area contributed by atoms with E-state index in [0.717, 1.165) is 9.88 Å². The monoisotopic (exact) mass is 311 g/mol. The van der Waals surface area contributed by atoms with Crippen molar-refractivity contribution in [3.05, 3.63) is 44.6 Å². The van der Waals surface area contributed by atoms with E-state index in [1.54, 1.807) is 35.9 Å². The third kappa shape index (κ3) is 3.10. The number of amides is 1. The lowest BCUT2D eigenvalue weighted by atomic mass is 10.3. The summed E-state index contributed by atoms with van der Waals surface area (Å²) >= 11 is 4.82. The Kier molecular flexibility index (Phi) is 3.86. The normalized spacial score (nSPS) is 10.2. The number of thiazole rings is 1. The fourth-order valence-electron chi connectivity index (χ4n) is 1.29. The molecule has 1 N–H and O–H groups in total. The first-order chi connectivity index (χ1) is 8.16. The molecule has 0 bridgehead atoms. The van der Waals surface area contributed by atoms with Gasteiger partial charge in [-0.2, -0.15) is 0 Å². The van der Waals surface area contributed by atoms with Crippen LogP contribution in [0.15, 0.2) is 29.1 Å². The largest absolute Gasteiger partial charge is 0.345 e. The minimum Gasteiger partial charge on any atom is -0.345 e. The third-order valence-electron chi connectivity index (χ3n) is 2.07. The molecule has 4 nitrogen and oxygen atoms in total. The first-order valence-corrected chi connectivity index (χ1v) is 6.58. The number of carbonyl (C=O) groups excluding carboxylic acids is 1. The van der Waals surface area contributed by atoms with Gasteiger partial charge in [0, 0.05) is 17.3 Å². The standard InChI is InChI=1S/C11H10BrN3OS/c1-7-5-14-9(17-7)6-15-11(16)8-3-2-4-13-10(8)12/h2-5H,6H2,1H3,(H,15,16). The number of aryl methyl sites for hydroxylation is 1. The van der Waals surface area contributed by atoms with Gasteiger partial charge in [0.05, 0.1) is 12.1 Å². The molecule has 0 spiro atoms. The Morgan fingerprint density at radius 3 is 3.00 bits per heavy atom. The van der Waals surface area contributed by atoms with Gasteiger partial charge >= 0.3 is 0 Å². The van der Waals surface area contributed by atoms with Gasteiger partial charge in [0.25, 0.3) is 5.91 Å². The summed E-state index contributed by atoms with van der Waals surface area (Å²) in [6.07, 6.45) is 3.43. The van der Waals surface area contributed by atoms with Crippen LogP contribution in [0.4, 0.5) is 0 Å². The zero-order valence-electron chi connectivity index (χ0n) is 9.11. The molecule has 0 aliphatic heterocycles. The summed E-state index contributed by atoms with van der Waals surface area (Å²) in [6, 6.07) is 3.45. The van der Waals surface area contributed by atoms with Crippen LogP contribution in [-0.4, -0.2) is 15.9 Å². The lowest BCUT2D eigenvalue weighted by Gasteiger charge is -2.04. The van der Waals surface area contributed by atoms with Gasteiger partial charge in [-0.25, -0.2) is 9.97 Å². The minimum atomic E-state index is -0.155. The van der Waals surface area contributed by atoms with Gasteiger partial charge in [-0.05, 0) is 35.0 Å². The molecule has 0 saturated heterocycles. The Balaban J connectivity index is 2.01. The highest BCUT2D eigenvalue weighted by Crippen LogP contribution is 2.13. The van der Waals surface area contributed by atoms with E-state index in [1.165, 1.54) is 0 Å². The third-order valence-corrected chi connectivity index (χ3v) is 3.62. The molecule has 0 unspecified atom stereocenters. The molecule has 0 atom stereocenters. The maximum absolute atomic E-state index is 11.8. The van der Waals surface area contributed by atoms with E-state index in [4.69, 9.17) is 0 Å². The van der Waals surface area contributed by atoms with Crippen molar-refractivity contribution in [2.24, 2.45) is 0 Å². The van der Waals surface area contributed by atoms with Gasteiger partial charge in [0.15, 0.2) is 0 Å². The Bertz CT molecular complexity index is 541. The van der Waals surface area contributed by atoms with Gasteiger partial charge < -0.3 is 5.32 Å². The zero-order chi connectivity index (χ0) is 12.3. The van der Waals surface area contributed by atoms with Gasteiger partial charge in [0.1, 0.15) is 9.61 Å². The average Bonchev–Trinajstić information content (AvgIpc) is 2.73.